The SMILES string of the molecule is CCN(CC)CCCNC(=O)N(CC(=O)O)CC1CC1. The number of hydrogen-bond acceptors (Lipinski definition) is 3. The molecule has 1 rings (SSSR count). The Morgan fingerprint density at radius 1 is 1.25 bits per heavy atom. The van der Waals surface area contributed by atoms with Gasteiger partial charge in [0, 0.05) is 13.1 Å². The first-order chi connectivity index (χ1) is 9.56. The molecule has 1 aliphatic carbocycles. The fourth-order valence-corrected chi connectivity index (χ4v) is 2.14. The van der Waals surface area contributed by atoms with Crippen molar-refractivity contribution in [3.63, 3.8) is 0 Å². The van der Waals surface area contributed by atoms with Gasteiger partial charge < -0.3 is 20.2 Å². The minimum Gasteiger partial charge on any atom is -0.480 e. The number of nitrogens with zero attached hydrogens (tertiary/aromatic N) is 2. The molecule has 6 heteroatoms. The average Bonchev–Trinajstić information content (AvgIpc) is 3.21. The highest BCUT2D eigenvalue weighted by Crippen LogP contribution is 2.29. The highest BCUT2D eigenvalue weighted by Gasteiger charge is 2.27. The van der Waals surface area contributed by atoms with Crippen molar-refractivity contribution in [2.75, 3.05) is 39.3 Å². The summed E-state index contributed by atoms with van der Waals surface area (Å²) in [5.41, 5.74) is 0. The fraction of sp³-hybridized carbons (Fsp3) is 0.857. The van der Waals surface area contributed by atoms with Crippen molar-refractivity contribution in [3.8, 4) is 0 Å². The lowest BCUT2D eigenvalue weighted by atomic mass is 10.3. The topological polar surface area (TPSA) is 72.9 Å². The summed E-state index contributed by atoms with van der Waals surface area (Å²) in [4.78, 5) is 26.5. The van der Waals surface area contributed by atoms with Crippen molar-refractivity contribution in [1.29, 1.82) is 0 Å². The van der Waals surface area contributed by atoms with Crippen LogP contribution in [0.5, 0.6) is 0 Å². The molecule has 0 atom stereocenters. The lowest BCUT2D eigenvalue weighted by Crippen LogP contribution is -2.44. The quantitative estimate of drug-likeness (QED) is 0.592. The molecule has 1 fully saturated rings. The van der Waals surface area contributed by atoms with E-state index in [1.807, 2.05) is 0 Å². The number of aliphatic carboxylic acids is 1. The Hall–Kier alpha value is -1.30. The van der Waals surface area contributed by atoms with Crippen molar-refractivity contribution < 1.29 is 14.7 Å². The average molecular weight is 285 g/mol. The number of amides is 2. The van der Waals surface area contributed by atoms with Gasteiger partial charge in [-0.1, -0.05) is 13.8 Å². The van der Waals surface area contributed by atoms with Gasteiger partial charge in [-0.25, -0.2) is 4.79 Å². The third-order valence-corrected chi connectivity index (χ3v) is 3.61. The summed E-state index contributed by atoms with van der Waals surface area (Å²) in [5, 5.41) is 11.7. The van der Waals surface area contributed by atoms with Crippen molar-refractivity contribution >= 4 is 12.0 Å². The number of nitrogens with one attached hydrogen (secondary N) is 1. The van der Waals surface area contributed by atoms with E-state index in [2.05, 4.69) is 24.1 Å². The summed E-state index contributed by atoms with van der Waals surface area (Å²) >= 11 is 0. The minimum absolute atomic E-state index is 0.210. The predicted molar refractivity (Wildman–Crippen MR) is 77.7 cm³/mol. The summed E-state index contributed by atoms with van der Waals surface area (Å²) in [6, 6.07) is -0.251. The maximum atomic E-state index is 12.0. The highest BCUT2D eigenvalue weighted by atomic mass is 16.4. The van der Waals surface area contributed by atoms with Crippen molar-refractivity contribution in [3.05, 3.63) is 0 Å². The van der Waals surface area contributed by atoms with Crippen LogP contribution < -0.4 is 5.32 Å². The molecule has 0 heterocycles. The van der Waals surface area contributed by atoms with E-state index in [1.54, 1.807) is 0 Å². The van der Waals surface area contributed by atoms with Crippen LogP contribution in [-0.2, 0) is 4.79 Å². The molecule has 0 aromatic carbocycles. The number of carbonyl (C=O) groups excluding carboxylic acids is 1. The summed E-state index contributed by atoms with van der Waals surface area (Å²) in [6.07, 6.45) is 3.09. The summed E-state index contributed by atoms with van der Waals surface area (Å²) < 4.78 is 0. The molecule has 20 heavy (non-hydrogen) atoms. The van der Waals surface area contributed by atoms with E-state index >= 15 is 0 Å². The summed E-state index contributed by atoms with van der Waals surface area (Å²) in [6.45, 7) is 8.16. The minimum atomic E-state index is -0.955. The predicted octanol–water partition coefficient (Wildman–Crippen LogP) is 1.22. The van der Waals surface area contributed by atoms with Gasteiger partial charge >= 0.3 is 12.0 Å². The summed E-state index contributed by atoms with van der Waals surface area (Å²) in [7, 11) is 0. The lowest BCUT2D eigenvalue weighted by Gasteiger charge is -2.22. The van der Waals surface area contributed by atoms with Crippen molar-refractivity contribution in [2.45, 2.75) is 33.1 Å². The second-order valence-corrected chi connectivity index (χ2v) is 5.33. The van der Waals surface area contributed by atoms with Crippen LogP contribution in [0.3, 0.4) is 0 Å². The van der Waals surface area contributed by atoms with Gasteiger partial charge in [0.15, 0.2) is 0 Å². The zero-order chi connectivity index (χ0) is 15.0. The Balaban J connectivity index is 2.24. The van der Waals surface area contributed by atoms with E-state index in [-0.39, 0.29) is 12.6 Å². The molecule has 2 amide bonds. The Labute approximate surface area is 121 Å². The number of carboxylic acids is 1. The number of urea groups is 1. The number of carboxylic acid groups (broad SMARTS) is 1. The van der Waals surface area contributed by atoms with Gasteiger partial charge in [0.2, 0.25) is 0 Å². The van der Waals surface area contributed by atoms with E-state index < -0.39 is 5.97 Å². The smallest absolute Gasteiger partial charge is 0.323 e. The van der Waals surface area contributed by atoms with Gasteiger partial charge in [0.25, 0.3) is 0 Å². The zero-order valence-corrected chi connectivity index (χ0v) is 12.6. The normalized spacial score (nSPS) is 14.3. The van der Waals surface area contributed by atoms with Gasteiger partial charge in [0.1, 0.15) is 6.54 Å². The molecule has 116 valence electrons. The lowest BCUT2D eigenvalue weighted by molar-refractivity contribution is -0.137. The Kier molecular flexibility index (Phi) is 7.36. The van der Waals surface area contributed by atoms with Crippen LogP contribution in [0.1, 0.15) is 33.1 Å². The monoisotopic (exact) mass is 285 g/mol. The zero-order valence-electron chi connectivity index (χ0n) is 12.6. The van der Waals surface area contributed by atoms with E-state index in [4.69, 9.17) is 5.11 Å². The molecule has 0 aliphatic heterocycles. The van der Waals surface area contributed by atoms with E-state index in [9.17, 15) is 9.59 Å². The maximum absolute atomic E-state index is 12.0. The standard InChI is InChI=1S/C14H27N3O3/c1-3-16(4-2)9-5-8-15-14(20)17(11-13(18)19)10-12-6-7-12/h12H,3-11H2,1-2H3,(H,15,20)(H,18,19). The molecule has 0 spiro atoms. The van der Waals surface area contributed by atoms with Gasteiger partial charge in [-0.3, -0.25) is 4.79 Å². The molecule has 1 aliphatic rings. The second kappa shape index (κ2) is 8.79. The molecule has 0 aromatic rings. The third kappa shape index (κ3) is 6.75. The van der Waals surface area contributed by atoms with Crippen LogP contribution in [-0.4, -0.2) is 66.2 Å². The molecule has 1 saturated carbocycles. The van der Waals surface area contributed by atoms with Crippen molar-refractivity contribution in [1.82, 2.24) is 15.1 Å². The van der Waals surface area contributed by atoms with E-state index in [0.717, 1.165) is 38.9 Å². The van der Waals surface area contributed by atoms with Crippen LogP contribution in [0.25, 0.3) is 0 Å². The fourth-order valence-electron chi connectivity index (χ4n) is 2.14. The second-order valence-electron chi connectivity index (χ2n) is 5.33. The number of rotatable bonds is 10. The molecule has 0 radical (unpaired) electrons. The van der Waals surface area contributed by atoms with Crippen LogP contribution in [0.15, 0.2) is 0 Å². The Morgan fingerprint density at radius 3 is 2.40 bits per heavy atom. The highest BCUT2D eigenvalue weighted by molar-refractivity contribution is 5.80. The third-order valence-electron chi connectivity index (χ3n) is 3.61. The molecule has 0 aromatic heterocycles. The molecule has 2 N–H and O–H groups in total. The molecular weight excluding hydrogens is 258 g/mol. The Morgan fingerprint density at radius 2 is 1.90 bits per heavy atom. The Bertz CT molecular complexity index is 315. The largest absolute Gasteiger partial charge is 0.480 e. The molecule has 0 bridgehead atoms. The molecule has 0 unspecified atom stereocenters. The van der Waals surface area contributed by atoms with Gasteiger partial charge in [-0.2, -0.15) is 0 Å². The first kappa shape index (κ1) is 16.8. The van der Waals surface area contributed by atoms with E-state index in [0.29, 0.717) is 19.0 Å². The van der Waals surface area contributed by atoms with Crippen LogP contribution in [0.4, 0.5) is 4.79 Å². The van der Waals surface area contributed by atoms with Crippen LogP contribution >= 0.6 is 0 Å². The molecule has 6 nitrogen and oxygen atoms in total. The van der Waals surface area contributed by atoms with Crippen LogP contribution in [0, 0.1) is 5.92 Å². The number of carbonyl (C=O) groups is 2. The van der Waals surface area contributed by atoms with Crippen molar-refractivity contribution in [2.24, 2.45) is 5.92 Å². The van der Waals surface area contributed by atoms with Gasteiger partial charge in [-0.05, 0) is 44.8 Å². The van der Waals surface area contributed by atoms with Gasteiger partial charge in [0.05, 0.1) is 0 Å². The molecular formula is C14H27N3O3. The number of hydrogen-bond donors (Lipinski definition) is 2. The maximum Gasteiger partial charge on any atom is 0.323 e. The van der Waals surface area contributed by atoms with E-state index in [1.165, 1.54) is 4.90 Å². The first-order valence-electron chi connectivity index (χ1n) is 7.53. The van der Waals surface area contributed by atoms with Gasteiger partial charge in [-0.15, -0.1) is 0 Å². The summed E-state index contributed by atoms with van der Waals surface area (Å²) in [5.74, 6) is -0.459. The first-order valence-corrected chi connectivity index (χ1v) is 7.53. The molecule has 0 saturated heterocycles. The van der Waals surface area contributed by atoms with Crippen LogP contribution in [0.2, 0.25) is 0 Å².